The van der Waals surface area contributed by atoms with Gasteiger partial charge in [0, 0.05) is 22.1 Å². The van der Waals surface area contributed by atoms with Gasteiger partial charge in [-0.3, -0.25) is 0 Å². The van der Waals surface area contributed by atoms with Crippen LogP contribution in [0.25, 0.3) is 110 Å². The highest BCUT2D eigenvalue weighted by atomic mass is 14.9. The molecule has 1 aliphatic rings. The lowest BCUT2D eigenvalue weighted by molar-refractivity contribution is 0.660. The van der Waals surface area contributed by atoms with Gasteiger partial charge >= 0.3 is 0 Å². The first kappa shape index (κ1) is 35.3. The molecule has 10 aromatic carbocycles. The Labute approximate surface area is 355 Å². The quantitative estimate of drug-likeness (QED) is 0.128. The molecule has 0 radical (unpaired) electrons. The van der Waals surface area contributed by atoms with Crippen LogP contribution < -0.4 is 0 Å². The van der Waals surface area contributed by atoms with Crippen molar-refractivity contribution in [1.29, 1.82) is 0 Å². The fraction of sp³-hybridized carbons (Fsp3) is 0.0508. The summed E-state index contributed by atoms with van der Waals surface area (Å²) < 4.78 is 0. The van der Waals surface area contributed by atoms with Crippen molar-refractivity contribution in [3.63, 3.8) is 0 Å². The number of benzene rings is 10. The summed E-state index contributed by atoms with van der Waals surface area (Å²) in [6.07, 6.45) is 0. The van der Waals surface area contributed by atoms with Crippen LogP contribution in [0.15, 0.2) is 206 Å². The molecule has 61 heavy (non-hydrogen) atoms. The van der Waals surface area contributed by atoms with Crippen LogP contribution in [-0.4, -0.2) is 9.97 Å². The molecule has 1 aromatic heterocycles. The number of aromatic nitrogens is 2. The zero-order chi connectivity index (χ0) is 40.7. The smallest absolute Gasteiger partial charge is 0.160 e. The average Bonchev–Trinajstić information content (AvgIpc) is 3.55. The van der Waals surface area contributed by atoms with Crippen molar-refractivity contribution in [2.24, 2.45) is 0 Å². The number of rotatable bonds is 5. The standard InChI is InChI=1S/C59H40N2/c1-59(2)51-24-14-13-21-46(51)47-31-30-43(35-52(47)59)54-36-53(60-58(61-54)39-18-7-4-8-19-39)42-27-25-41-34-44(28-26-40(41)33-42)56-49-23-12-11-22-48(49)55(38-16-5-3-6-17-38)50-32-29-37-15-9-10-20-45(37)57(50)56/h3-36H,1-2H3. The van der Waals surface area contributed by atoms with Crippen molar-refractivity contribution in [3.05, 3.63) is 217 Å². The van der Waals surface area contributed by atoms with Crippen molar-refractivity contribution in [2.45, 2.75) is 19.3 Å². The van der Waals surface area contributed by atoms with Crippen LogP contribution in [0.1, 0.15) is 25.0 Å². The van der Waals surface area contributed by atoms with Crippen LogP contribution in [0.3, 0.4) is 0 Å². The second-order valence-electron chi connectivity index (χ2n) is 16.9. The maximum absolute atomic E-state index is 5.22. The third-order valence-corrected chi connectivity index (χ3v) is 13.0. The molecule has 0 saturated carbocycles. The normalized spacial score (nSPS) is 12.9. The molecule has 0 spiro atoms. The largest absolute Gasteiger partial charge is 0.228 e. The molecular weight excluding hydrogens is 737 g/mol. The van der Waals surface area contributed by atoms with E-state index in [1.807, 2.05) is 6.07 Å². The van der Waals surface area contributed by atoms with Gasteiger partial charge < -0.3 is 0 Å². The minimum Gasteiger partial charge on any atom is -0.228 e. The van der Waals surface area contributed by atoms with E-state index in [-0.39, 0.29) is 5.41 Å². The zero-order valence-electron chi connectivity index (χ0n) is 34.0. The monoisotopic (exact) mass is 776 g/mol. The number of hydrogen-bond donors (Lipinski definition) is 0. The Balaban J connectivity index is 1.02. The maximum atomic E-state index is 5.22. The summed E-state index contributed by atoms with van der Waals surface area (Å²) in [5, 5.41) is 9.91. The Morgan fingerprint density at radius 3 is 1.62 bits per heavy atom. The predicted octanol–water partition coefficient (Wildman–Crippen LogP) is 15.7. The molecule has 0 unspecified atom stereocenters. The minimum absolute atomic E-state index is 0.104. The minimum atomic E-state index is -0.104. The van der Waals surface area contributed by atoms with E-state index in [9.17, 15) is 0 Å². The van der Waals surface area contributed by atoms with E-state index in [0.29, 0.717) is 0 Å². The molecule has 0 fully saturated rings. The summed E-state index contributed by atoms with van der Waals surface area (Å²) in [7, 11) is 0. The molecule has 286 valence electrons. The first-order chi connectivity index (χ1) is 30.0. The van der Waals surface area contributed by atoms with E-state index < -0.39 is 0 Å². The summed E-state index contributed by atoms with van der Waals surface area (Å²) in [5.41, 5.74) is 15.2. The fourth-order valence-corrected chi connectivity index (χ4v) is 10.0. The summed E-state index contributed by atoms with van der Waals surface area (Å²) in [4.78, 5) is 10.4. The van der Waals surface area contributed by atoms with Crippen molar-refractivity contribution in [2.75, 3.05) is 0 Å². The molecule has 2 heteroatoms. The highest BCUT2D eigenvalue weighted by molar-refractivity contribution is 6.28. The van der Waals surface area contributed by atoms with E-state index in [4.69, 9.17) is 9.97 Å². The Bertz CT molecular complexity index is 3550. The Hall–Kier alpha value is -7.68. The van der Waals surface area contributed by atoms with E-state index in [0.717, 1.165) is 33.9 Å². The number of fused-ring (bicyclic) bond motifs is 8. The van der Waals surface area contributed by atoms with Crippen LogP contribution in [-0.2, 0) is 5.41 Å². The van der Waals surface area contributed by atoms with Crippen molar-refractivity contribution in [3.8, 4) is 67.3 Å². The lowest BCUT2D eigenvalue weighted by Gasteiger charge is -2.22. The molecule has 0 N–H and O–H groups in total. The van der Waals surface area contributed by atoms with E-state index in [1.165, 1.54) is 87.6 Å². The van der Waals surface area contributed by atoms with Gasteiger partial charge in [0.25, 0.3) is 0 Å². The van der Waals surface area contributed by atoms with Crippen LogP contribution >= 0.6 is 0 Å². The van der Waals surface area contributed by atoms with Gasteiger partial charge in [0.1, 0.15) is 0 Å². The Morgan fingerprint density at radius 2 is 0.869 bits per heavy atom. The summed E-state index contributed by atoms with van der Waals surface area (Å²) in [5.74, 6) is 0.719. The lowest BCUT2D eigenvalue weighted by atomic mass is 9.82. The second kappa shape index (κ2) is 13.7. The van der Waals surface area contributed by atoms with Gasteiger partial charge in [0.2, 0.25) is 0 Å². The van der Waals surface area contributed by atoms with Gasteiger partial charge in [-0.1, -0.05) is 196 Å². The molecule has 1 heterocycles. The Morgan fingerprint density at radius 1 is 0.328 bits per heavy atom. The van der Waals surface area contributed by atoms with Gasteiger partial charge in [0.15, 0.2) is 5.82 Å². The molecule has 0 aliphatic heterocycles. The van der Waals surface area contributed by atoms with Gasteiger partial charge in [-0.25, -0.2) is 9.97 Å². The van der Waals surface area contributed by atoms with Gasteiger partial charge in [-0.05, 0) is 112 Å². The highest BCUT2D eigenvalue weighted by Gasteiger charge is 2.35. The van der Waals surface area contributed by atoms with Gasteiger partial charge in [-0.15, -0.1) is 0 Å². The lowest BCUT2D eigenvalue weighted by Crippen LogP contribution is -2.14. The van der Waals surface area contributed by atoms with Gasteiger partial charge in [-0.2, -0.15) is 0 Å². The number of hydrogen-bond acceptors (Lipinski definition) is 2. The summed E-state index contributed by atoms with van der Waals surface area (Å²) >= 11 is 0. The molecule has 1 aliphatic carbocycles. The summed E-state index contributed by atoms with van der Waals surface area (Å²) in [6, 6.07) is 75.0. The van der Waals surface area contributed by atoms with Crippen LogP contribution in [0.2, 0.25) is 0 Å². The highest BCUT2D eigenvalue weighted by Crippen LogP contribution is 2.50. The fourth-order valence-electron chi connectivity index (χ4n) is 10.0. The van der Waals surface area contributed by atoms with Crippen LogP contribution in [0.4, 0.5) is 0 Å². The predicted molar refractivity (Wildman–Crippen MR) is 257 cm³/mol. The Kier molecular flexibility index (Phi) is 7.92. The maximum Gasteiger partial charge on any atom is 0.160 e. The first-order valence-corrected chi connectivity index (χ1v) is 21.1. The third kappa shape index (κ3) is 5.64. The summed E-state index contributed by atoms with van der Waals surface area (Å²) in [6.45, 7) is 4.66. The van der Waals surface area contributed by atoms with E-state index in [1.54, 1.807) is 0 Å². The average molecular weight is 777 g/mol. The molecule has 2 nitrogen and oxygen atoms in total. The molecule has 0 saturated heterocycles. The van der Waals surface area contributed by atoms with E-state index in [2.05, 4.69) is 214 Å². The van der Waals surface area contributed by atoms with Crippen LogP contribution in [0.5, 0.6) is 0 Å². The van der Waals surface area contributed by atoms with E-state index >= 15 is 0 Å². The van der Waals surface area contributed by atoms with Crippen molar-refractivity contribution in [1.82, 2.24) is 9.97 Å². The van der Waals surface area contributed by atoms with Crippen molar-refractivity contribution < 1.29 is 0 Å². The SMILES string of the molecule is CC1(C)c2ccccc2-c2ccc(-c3cc(-c4ccc5cc(-c6c7ccccc7c(-c7ccccc7)c7ccc8ccccc8c67)ccc5c4)nc(-c4ccccc4)n3)cc21. The molecular formula is C59H40N2. The van der Waals surface area contributed by atoms with Crippen molar-refractivity contribution >= 4 is 43.1 Å². The molecule has 0 amide bonds. The third-order valence-electron chi connectivity index (χ3n) is 13.0. The first-order valence-electron chi connectivity index (χ1n) is 21.1. The zero-order valence-corrected chi connectivity index (χ0v) is 34.0. The van der Waals surface area contributed by atoms with Gasteiger partial charge in [0.05, 0.1) is 11.4 Å². The molecule has 12 rings (SSSR count). The molecule has 11 aromatic rings. The van der Waals surface area contributed by atoms with Crippen LogP contribution in [0, 0.1) is 0 Å². The number of nitrogens with zero attached hydrogens (tertiary/aromatic N) is 2. The topological polar surface area (TPSA) is 25.8 Å². The molecule has 0 atom stereocenters. The second-order valence-corrected chi connectivity index (χ2v) is 16.9. The molecule has 0 bridgehead atoms.